The van der Waals surface area contributed by atoms with E-state index in [1.807, 2.05) is 25.1 Å². The van der Waals surface area contributed by atoms with Gasteiger partial charge >= 0.3 is 0 Å². The fraction of sp³-hybridized carbons (Fsp3) is 0.423. The maximum absolute atomic E-state index is 13.8. The van der Waals surface area contributed by atoms with Crippen molar-refractivity contribution in [1.29, 1.82) is 0 Å². The predicted molar refractivity (Wildman–Crippen MR) is 128 cm³/mol. The Bertz CT molecular complexity index is 1060. The fourth-order valence-corrected chi connectivity index (χ4v) is 4.92. The Labute approximate surface area is 199 Å². The zero-order chi connectivity index (χ0) is 24.2. The Morgan fingerprint density at radius 2 is 1.76 bits per heavy atom. The molecule has 3 atom stereocenters. The van der Waals surface area contributed by atoms with Gasteiger partial charge in [0.25, 0.3) is 5.91 Å². The monoisotopic (exact) mass is 465 g/mol. The maximum Gasteiger partial charge on any atom is 0.255 e. The largest absolute Gasteiger partial charge is 0.497 e. The maximum atomic E-state index is 13.8. The molecule has 8 nitrogen and oxygen atoms in total. The number of anilines is 1. The Morgan fingerprint density at radius 3 is 2.44 bits per heavy atom. The molecule has 4 rings (SSSR count). The number of fused-ring (bicyclic) bond motifs is 1. The number of nitrogens with zero attached hydrogens (tertiary/aromatic N) is 1. The van der Waals surface area contributed by atoms with Crippen molar-refractivity contribution in [1.82, 2.24) is 10.2 Å². The predicted octanol–water partition coefficient (Wildman–Crippen LogP) is 3.29. The number of nitrogens with one attached hydrogen (secondary N) is 2. The molecule has 3 amide bonds. The van der Waals surface area contributed by atoms with Gasteiger partial charge in [-0.1, -0.05) is 25.0 Å². The highest BCUT2D eigenvalue weighted by atomic mass is 16.5. The summed E-state index contributed by atoms with van der Waals surface area (Å²) >= 11 is 0. The smallest absolute Gasteiger partial charge is 0.255 e. The molecule has 180 valence electrons. The summed E-state index contributed by atoms with van der Waals surface area (Å²) in [6, 6.07) is 11.2. The van der Waals surface area contributed by atoms with Gasteiger partial charge in [0.1, 0.15) is 17.5 Å². The highest BCUT2D eigenvalue weighted by Crippen LogP contribution is 2.32. The lowest BCUT2D eigenvalue weighted by molar-refractivity contribution is -0.135. The molecule has 0 radical (unpaired) electrons. The van der Waals surface area contributed by atoms with Crippen LogP contribution < -0.4 is 20.1 Å². The fourth-order valence-electron chi connectivity index (χ4n) is 4.92. The lowest BCUT2D eigenvalue weighted by atomic mass is 9.84. The van der Waals surface area contributed by atoms with Gasteiger partial charge in [-0.25, -0.2) is 0 Å². The van der Waals surface area contributed by atoms with Crippen molar-refractivity contribution in [2.45, 2.75) is 57.2 Å². The van der Waals surface area contributed by atoms with E-state index in [2.05, 4.69) is 10.6 Å². The lowest BCUT2D eigenvalue weighted by Gasteiger charge is -2.48. The molecule has 0 spiro atoms. The molecule has 2 aromatic carbocycles. The first-order chi connectivity index (χ1) is 16.4. The lowest BCUT2D eigenvalue weighted by Crippen LogP contribution is -2.68. The van der Waals surface area contributed by atoms with Crippen LogP contribution in [0.25, 0.3) is 0 Å². The zero-order valence-electron chi connectivity index (χ0n) is 19.8. The number of amides is 3. The van der Waals surface area contributed by atoms with Crippen LogP contribution in [-0.2, 0) is 9.59 Å². The standard InChI is InChI=1S/C26H31N3O5/c1-16-7-6-8-18(11-16)27-24(30)15-23-25(31)28-21-9-4-5-10-22(21)29(23)26(32)17-12-19(33-2)14-20(13-17)34-3/h6-8,11-14,21-23H,4-5,9-10,15H2,1-3H3,(H,27,30)(H,28,31)/t21-,22+,23-/m1/s1. The third kappa shape index (κ3) is 5.00. The number of rotatable bonds is 6. The van der Waals surface area contributed by atoms with Crippen LogP contribution in [0.3, 0.4) is 0 Å². The zero-order valence-corrected chi connectivity index (χ0v) is 19.8. The Balaban J connectivity index is 1.64. The Kier molecular flexibility index (Phi) is 7.05. The minimum absolute atomic E-state index is 0.117. The summed E-state index contributed by atoms with van der Waals surface area (Å²) in [4.78, 5) is 41.5. The molecule has 2 fully saturated rings. The summed E-state index contributed by atoms with van der Waals surface area (Å²) in [5.41, 5.74) is 2.04. The van der Waals surface area contributed by atoms with E-state index in [9.17, 15) is 14.4 Å². The normalized spacial score (nSPS) is 21.8. The molecule has 2 aliphatic rings. The average Bonchev–Trinajstić information content (AvgIpc) is 2.83. The number of piperazine rings is 1. The second-order valence-electron chi connectivity index (χ2n) is 8.92. The van der Waals surface area contributed by atoms with Crippen LogP contribution in [0.2, 0.25) is 0 Å². The van der Waals surface area contributed by atoms with E-state index in [1.165, 1.54) is 14.2 Å². The van der Waals surface area contributed by atoms with E-state index in [0.29, 0.717) is 22.7 Å². The van der Waals surface area contributed by atoms with E-state index < -0.39 is 6.04 Å². The topological polar surface area (TPSA) is 97.0 Å². The summed E-state index contributed by atoms with van der Waals surface area (Å²) in [7, 11) is 3.04. The summed E-state index contributed by atoms with van der Waals surface area (Å²) in [6.45, 7) is 1.94. The number of aryl methyl sites for hydroxylation is 1. The number of hydrogen-bond acceptors (Lipinski definition) is 5. The van der Waals surface area contributed by atoms with Crippen molar-refractivity contribution in [3.05, 3.63) is 53.6 Å². The highest BCUT2D eigenvalue weighted by molar-refractivity contribution is 6.02. The SMILES string of the molecule is COc1cc(OC)cc(C(=O)N2[C@H](CC(=O)Nc3cccc(C)c3)C(=O)N[C@@H]3CCCC[C@@H]32)c1. The molecule has 1 aliphatic carbocycles. The van der Waals surface area contributed by atoms with Gasteiger partial charge in [0.15, 0.2) is 0 Å². The minimum Gasteiger partial charge on any atom is -0.497 e. The number of hydrogen-bond donors (Lipinski definition) is 2. The van der Waals surface area contributed by atoms with Crippen LogP contribution in [0.1, 0.15) is 48.0 Å². The first-order valence-corrected chi connectivity index (χ1v) is 11.6. The molecule has 2 N–H and O–H groups in total. The van der Waals surface area contributed by atoms with E-state index in [0.717, 1.165) is 31.2 Å². The molecule has 1 aliphatic heterocycles. The van der Waals surface area contributed by atoms with Crippen LogP contribution in [0.4, 0.5) is 5.69 Å². The van der Waals surface area contributed by atoms with E-state index in [4.69, 9.17) is 9.47 Å². The van der Waals surface area contributed by atoms with Crippen molar-refractivity contribution < 1.29 is 23.9 Å². The van der Waals surface area contributed by atoms with Gasteiger partial charge in [0.05, 0.1) is 26.7 Å². The molecular formula is C26H31N3O5. The Morgan fingerprint density at radius 1 is 1.06 bits per heavy atom. The Hall–Kier alpha value is -3.55. The van der Waals surface area contributed by atoms with Gasteiger partial charge in [-0.15, -0.1) is 0 Å². The summed E-state index contributed by atoms with van der Waals surface area (Å²) < 4.78 is 10.7. The number of ether oxygens (including phenoxy) is 2. The first-order valence-electron chi connectivity index (χ1n) is 11.6. The van der Waals surface area contributed by atoms with Gasteiger partial charge < -0.3 is 25.0 Å². The van der Waals surface area contributed by atoms with Crippen molar-refractivity contribution in [2.24, 2.45) is 0 Å². The molecule has 8 heteroatoms. The number of benzene rings is 2. The third-order valence-electron chi connectivity index (χ3n) is 6.57. The summed E-state index contributed by atoms with van der Waals surface area (Å²) in [5, 5.41) is 5.93. The number of carbonyl (C=O) groups excluding carboxylic acids is 3. The van der Waals surface area contributed by atoms with Gasteiger partial charge in [0.2, 0.25) is 11.8 Å². The van der Waals surface area contributed by atoms with Crippen LogP contribution in [0, 0.1) is 6.92 Å². The number of carbonyl (C=O) groups is 3. The molecule has 1 heterocycles. The summed E-state index contributed by atoms with van der Waals surface area (Å²) in [5.74, 6) is 0.0419. The highest BCUT2D eigenvalue weighted by Gasteiger charge is 2.46. The van der Waals surface area contributed by atoms with Crippen LogP contribution in [0.15, 0.2) is 42.5 Å². The van der Waals surface area contributed by atoms with Crippen LogP contribution in [-0.4, -0.2) is 55.0 Å². The molecule has 1 saturated heterocycles. The van der Waals surface area contributed by atoms with Crippen molar-refractivity contribution in [3.8, 4) is 11.5 Å². The van der Waals surface area contributed by atoms with E-state index >= 15 is 0 Å². The van der Waals surface area contributed by atoms with Gasteiger partial charge in [-0.05, 0) is 49.6 Å². The quantitative estimate of drug-likeness (QED) is 0.682. The molecule has 0 bridgehead atoms. The minimum atomic E-state index is -0.908. The third-order valence-corrected chi connectivity index (χ3v) is 6.57. The molecular weight excluding hydrogens is 434 g/mol. The molecule has 0 aromatic heterocycles. The van der Waals surface area contributed by atoms with E-state index in [1.54, 1.807) is 29.2 Å². The second kappa shape index (κ2) is 10.2. The van der Waals surface area contributed by atoms with Gasteiger partial charge in [-0.2, -0.15) is 0 Å². The average molecular weight is 466 g/mol. The first kappa shape index (κ1) is 23.6. The van der Waals surface area contributed by atoms with E-state index in [-0.39, 0.29) is 36.2 Å². The molecule has 0 unspecified atom stereocenters. The van der Waals surface area contributed by atoms with Crippen molar-refractivity contribution in [2.75, 3.05) is 19.5 Å². The van der Waals surface area contributed by atoms with Crippen molar-refractivity contribution in [3.63, 3.8) is 0 Å². The molecule has 2 aromatic rings. The van der Waals surface area contributed by atoms with Crippen LogP contribution in [0.5, 0.6) is 11.5 Å². The van der Waals surface area contributed by atoms with Crippen molar-refractivity contribution >= 4 is 23.4 Å². The second-order valence-corrected chi connectivity index (χ2v) is 8.92. The molecule has 34 heavy (non-hydrogen) atoms. The van der Waals surface area contributed by atoms with Gasteiger partial charge in [-0.3, -0.25) is 14.4 Å². The van der Waals surface area contributed by atoms with Gasteiger partial charge in [0, 0.05) is 23.4 Å². The number of methoxy groups -OCH3 is 2. The summed E-state index contributed by atoms with van der Waals surface area (Å²) in [6.07, 6.45) is 3.41. The van der Waals surface area contributed by atoms with Crippen LogP contribution >= 0.6 is 0 Å². The molecule has 1 saturated carbocycles.